The van der Waals surface area contributed by atoms with Gasteiger partial charge >= 0.3 is 0 Å². The van der Waals surface area contributed by atoms with Crippen LogP contribution >= 0.6 is 11.6 Å². The topological polar surface area (TPSA) is 44.5 Å². The molecule has 0 aromatic heterocycles. The molecule has 116 valence electrons. The molecule has 4 heteroatoms. The van der Waals surface area contributed by atoms with Crippen molar-refractivity contribution in [1.82, 2.24) is 0 Å². The van der Waals surface area contributed by atoms with Crippen molar-refractivity contribution >= 4 is 17.3 Å². The van der Waals surface area contributed by atoms with E-state index in [1.54, 1.807) is 0 Å². The number of nitrogens with two attached hydrogens (primary N) is 1. The van der Waals surface area contributed by atoms with Gasteiger partial charge in [-0.05, 0) is 49.6 Å². The molecule has 2 aromatic rings. The lowest BCUT2D eigenvalue weighted by Gasteiger charge is -2.32. The molecule has 0 saturated heterocycles. The maximum Gasteiger partial charge on any atom is 0.163 e. The summed E-state index contributed by atoms with van der Waals surface area (Å²) in [6.07, 6.45) is 0.885. The van der Waals surface area contributed by atoms with Gasteiger partial charge in [0.05, 0.1) is 5.02 Å². The molecule has 0 aliphatic carbocycles. The van der Waals surface area contributed by atoms with Crippen LogP contribution in [-0.4, -0.2) is 12.2 Å². The Morgan fingerprint density at radius 3 is 2.68 bits per heavy atom. The second-order valence-electron chi connectivity index (χ2n) is 6.20. The highest BCUT2D eigenvalue weighted by Gasteiger charge is 2.29. The molecule has 0 radical (unpaired) electrons. The van der Waals surface area contributed by atoms with Crippen LogP contribution in [0, 0.1) is 0 Å². The van der Waals surface area contributed by atoms with Gasteiger partial charge < -0.3 is 15.2 Å². The van der Waals surface area contributed by atoms with Gasteiger partial charge in [0.15, 0.2) is 11.5 Å². The van der Waals surface area contributed by atoms with E-state index in [9.17, 15) is 0 Å². The van der Waals surface area contributed by atoms with E-state index in [0.29, 0.717) is 17.4 Å². The van der Waals surface area contributed by atoms with E-state index in [1.807, 2.05) is 38.1 Å². The summed E-state index contributed by atoms with van der Waals surface area (Å²) in [5, 5.41) is 0.645. The van der Waals surface area contributed by atoms with Gasteiger partial charge in [0.25, 0.3) is 0 Å². The Morgan fingerprint density at radius 2 is 1.95 bits per heavy atom. The zero-order valence-electron chi connectivity index (χ0n) is 13.1. The Labute approximate surface area is 136 Å². The van der Waals surface area contributed by atoms with Crippen LogP contribution in [-0.2, 0) is 6.42 Å². The molecule has 0 atom stereocenters. The second kappa shape index (κ2) is 5.40. The minimum Gasteiger partial charge on any atom is -0.486 e. The molecular weight excluding hydrogens is 298 g/mol. The molecule has 0 bridgehead atoms. The summed E-state index contributed by atoms with van der Waals surface area (Å²) in [6, 6.07) is 9.75. The molecule has 2 aromatic carbocycles. The largest absolute Gasteiger partial charge is 0.486 e. The molecule has 1 heterocycles. The first-order valence-corrected chi connectivity index (χ1v) is 7.81. The summed E-state index contributed by atoms with van der Waals surface area (Å²) >= 11 is 6.46. The first kappa shape index (κ1) is 15.0. The van der Waals surface area contributed by atoms with Crippen LogP contribution in [0.5, 0.6) is 11.5 Å². The van der Waals surface area contributed by atoms with Crippen molar-refractivity contribution in [3.05, 3.63) is 40.9 Å². The Kier molecular flexibility index (Phi) is 3.69. The monoisotopic (exact) mass is 317 g/mol. The summed E-state index contributed by atoms with van der Waals surface area (Å²) in [6.45, 7) is 6.59. The van der Waals surface area contributed by atoms with E-state index in [1.165, 1.54) is 0 Å². The predicted octanol–water partition coefficient (Wildman–Crippen LogP) is 4.70. The normalized spacial score (nSPS) is 15.6. The summed E-state index contributed by atoms with van der Waals surface area (Å²) in [7, 11) is 0. The third-order valence-electron chi connectivity index (χ3n) is 3.83. The fourth-order valence-electron chi connectivity index (χ4n) is 2.61. The standard InChI is InChI=1S/C18H20ClNO2/c1-4-11-7-12(5-6-15(11)20)13-8-16-17(9-14(13)19)22-18(2,3)10-21-16/h5-9H,4,10,20H2,1-3H3. The van der Waals surface area contributed by atoms with Crippen molar-refractivity contribution in [3.8, 4) is 22.6 Å². The molecule has 22 heavy (non-hydrogen) atoms. The summed E-state index contributed by atoms with van der Waals surface area (Å²) in [4.78, 5) is 0. The Hall–Kier alpha value is -1.87. The predicted molar refractivity (Wildman–Crippen MR) is 90.9 cm³/mol. The Morgan fingerprint density at radius 1 is 1.18 bits per heavy atom. The van der Waals surface area contributed by atoms with Gasteiger partial charge in [0.1, 0.15) is 12.2 Å². The maximum absolute atomic E-state index is 6.46. The highest BCUT2D eigenvalue weighted by atomic mass is 35.5. The molecule has 0 unspecified atom stereocenters. The van der Waals surface area contributed by atoms with Crippen molar-refractivity contribution in [1.29, 1.82) is 0 Å². The number of fused-ring (bicyclic) bond motifs is 1. The van der Waals surface area contributed by atoms with Crippen LogP contribution in [0.3, 0.4) is 0 Å². The van der Waals surface area contributed by atoms with E-state index in [2.05, 4.69) is 13.0 Å². The highest BCUT2D eigenvalue weighted by Crippen LogP contribution is 2.42. The van der Waals surface area contributed by atoms with Gasteiger partial charge in [-0.3, -0.25) is 0 Å². The van der Waals surface area contributed by atoms with E-state index >= 15 is 0 Å². The second-order valence-corrected chi connectivity index (χ2v) is 6.60. The van der Waals surface area contributed by atoms with Crippen LogP contribution in [0.25, 0.3) is 11.1 Å². The third-order valence-corrected chi connectivity index (χ3v) is 4.14. The van der Waals surface area contributed by atoms with Crippen LogP contribution in [0.2, 0.25) is 5.02 Å². The molecule has 0 saturated carbocycles. The lowest BCUT2D eigenvalue weighted by Crippen LogP contribution is -2.38. The van der Waals surface area contributed by atoms with Crippen LogP contribution in [0.4, 0.5) is 5.69 Å². The van der Waals surface area contributed by atoms with E-state index in [0.717, 1.165) is 34.5 Å². The summed E-state index contributed by atoms with van der Waals surface area (Å²) < 4.78 is 11.8. The number of aryl methyl sites for hydroxylation is 1. The van der Waals surface area contributed by atoms with Gasteiger partial charge in [0, 0.05) is 17.3 Å². The van der Waals surface area contributed by atoms with Crippen LogP contribution in [0.1, 0.15) is 26.3 Å². The van der Waals surface area contributed by atoms with E-state index < -0.39 is 0 Å². The molecule has 1 aliphatic heterocycles. The zero-order chi connectivity index (χ0) is 15.9. The number of hydrogen-bond donors (Lipinski definition) is 1. The Bertz CT molecular complexity index is 725. The molecule has 0 spiro atoms. The summed E-state index contributed by atoms with van der Waals surface area (Å²) in [5.74, 6) is 1.42. The molecule has 0 fully saturated rings. The first-order chi connectivity index (χ1) is 10.4. The minimum atomic E-state index is -0.339. The van der Waals surface area contributed by atoms with Crippen LogP contribution in [0.15, 0.2) is 30.3 Å². The minimum absolute atomic E-state index is 0.339. The molecule has 0 amide bonds. The average molecular weight is 318 g/mol. The van der Waals surface area contributed by atoms with Crippen molar-refractivity contribution in [2.45, 2.75) is 32.8 Å². The molecule has 3 nitrogen and oxygen atoms in total. The van der Waals surface area contributed by atoms with Gasteiger partial charge in [-0.1, -0.05) is 24.6 Å². The van der Waals surface area contributed by atoms with Crippen molar-refractivity contribution in [2.75, 3.05) is 12.3 Å². The van der Waals surface area contributed by atoms with E-state index in [4.69, 9.17) is 26.8 Å². The third kappa shape index (κ3) is 2.73. The number of hydrogen-bond acceptors (Lipinski definition) is 3. The van der Waals surface area contributed by atoms with Crippen molar-refractivity contribution < 1.29 is 9.47 Å². The van der Waals surface area contributed by atoms with Crippen LogP contribution < -0.4 is 15.2 Å². The lowest BCUT2D eigenvalue weighted by atomic mass is 9.99. The highest BCUT2D eigenvalue weighted by molar-refractivity contribution is 6.33. The lowest BCUT2D eigenvalue weighted by molar-refractivity contribution is 0.0214. The smallest absolute Gasteiger partial charge is 0.163 e. The number of halogens is 1. The first-order valence-electron chi connectivity index (χ1n) is 7.44. The quantitative estimate of drug-likeness (QED) is 0.816. The average Bonchev–Trinajstić information content (AvgIpc) is 2.46. The van der Waals surface area contributed by atoms with E-state index in [-0.39, 0.29) is 5.60 Å². The summed E-state index contributed by atoms with van der Waals surface area (Å²) in [5.41, 5.74) is 9.53. The molecule has 3 rings (SSSR count). The number of nitrogen functional groups attached to an aromatic ring is 1. The van der Waals surface area contributed by atoms with Gasteiger partial charge in [0.2, 0.25) is 0 Å². The maximum atomic E-state index is 6.46. The van der Waals surface area contributed by atoms with Gasteiger partial charge in [-0.2, -0.15) is 0 Å². The SMILES string of the molecule is CCc1cc(-c2cc3c(cc2Cl)OC(C)(C)CO3)ccc1N. The Balaban J connectivity index is 2.06. The fraction of sp³-hybridized carbons (Fsp3) is 0.333. The molecule has 1 aliphatic rings. The van der Waals surface area contributed by atoms with Gasteiger partial charge in [-0.15, -0.1) is 0 Å². The van der Waals surface area contributed by atoms with Gasteiger partial charge in [-0.25, -0.2) is 0 Å². The zero-order valence-corrected chi connectivity index (χ0v) is 13.8. The number of rotatable bonds is 2. The fourth-order valence-corrected chi connectivity index (χ4v) is 2.87. The number of anilines is 1. The van der Waals surface area contributed by atoms with Crippen molar-refractivity contribution in [3.63, 3.8) is 0 Å². The molecule has 2 N–H and O–H groups in total. The molecular formula is C18H20ClNO2. The number of ether oxygens (including phenoxy) is 2. The number of benzene rings is 2. The van der Waals surface area contributed by atoms with Crippen molar-refractivity contribution in [2.24, 2.45) is 0 Å².